The number of hydrogen-bond donors (Lipinski definition) is 3. The van der Waals surface area contributed by atoms with Crippen LogP contribution in [0, 0.1) is 12.8 Å². The number of carbonyl (C=O) groups is 1. The average Bonchev–Trinajstić information content (AvgIpc) is 3.36. The van der Waals surface area contributed by atoms with Gasteiger partial charge in [0.15, 0.2) is 0 Å². The van der Waals surface area contributed by atoms with Crippen molar-refractivity contribution in [2.75, 3.05) is 30.9 Å². The number of amides is 1. The number of nitrogens with two attached hydrogens (primary N) is 1. The van der Waals surface area contributed by atoms with E-state index < -0.39 is 0 Å². The van der Waals surface area contributed by atoms with Crippen LogP contribution in [-0.2, 0) is 16.1 Å². The fourth-order valence-electron chi connectivity index (χ4n) is 6.21. The summed E-state index contributed by atoms with van der Waals surface area (Å²) in [5.41, 5.74) is 11.1. The number of methoxy groups -OCH3 is 1. The third-order valence-electron chi connectivity index (χ3n) is 8.36. The van der Waals surface area contributed by atoms with Gasteiger partial charge < -0.3 is 26.0 Å². The van der Waals surface area contributed by atoms with Crippen LogP contribution in [0.15, 0.2) is 54.6 Å². The van der Waals surface area contributed by atoms with E-state index in [0.717, 1.165) is 48.0 Å². The minimum atomic E-state index is -0.213. The Morgan fingerprint density at radius 1 is 1.07 bits per heavy atom. The predicted molar refractivity (Wildman–Crippen MR) is 160 cm³/mol. The maximum Gasteiger partial charge on any atom is 0.242 e. The Balaban J connectivity index is 1.29. The Hall–Kier alpha value is -3.49. The molecular formula is C32H42N6O2. The zero-order valence-electron chi connectivity index (χ0n) is 23.9. The van der Waals surface area contributed by atoms with Gasteiger partial charge in [0.1, 0.15) is 17.7 Å². The Labute approximate surface area is 237 Å². The van der Waals surface area contributed by atoms with Crippen molar-refractivity contribution in [1.82, 2.24) is 20.6 Å². The van der Waals surface area contributed by atoms with E-state index in [-0.39, 0.29) is 18.0 Å². The van der Waals surface area contributed by atoms with Crippen molar-refractivity contribution in [1.29, 1.82) is 0 Å². The van der Waals surface area contributed by atoms with E-state index in [9.17, 15) is 4.79 Å². The van der Waals surface area contributed by atoms with Crippen LogP contribution in [0.5, 0.6) is 0 Å². The number of rotatable bonds is 10. The first-order valence-electron chi connectivity index (χ1n) is 14.5. The summed E-state index contributed by atoms with van der Waals surface area (Å²) in [4.78, 5) is 25.2. The van der Waals surface area contributed by atoms with Gasteiger partial charge in [0.25, 0.3) is 0 Å². The number of nitrogens with zero attached hydrogens (tertiary/aromatic N) is 3. The van der Waals surface area contributed by atoms with Crippen LogP contribution >= 0.6 is 0 Å². The van der Waals surface area contributed by atoms with Crippen LogP contribution in [-0.4, -0.2) is 48.2 Å². The fraction of sp³-hybridized carbons (Fsp3) is 0.469. The van der Waals surface area contributed by atoms with Gasteiger partial charge in [-0.25, -0.2) is 9.97 Å². The second-order valence-corrected chi connectivity index (χ2v) is 11.2. The molecule has 1 aromatic heterocycles. The Kier molecular flexibility index (Phi) is 8.97. The summed E-state index contributed by atoms with van der Waals surface area (Å²) >= 11 is 0. The number of fused-ring (bicyclic) bond motifs is 1. The number of nitrogen functional groups attached to an aromatic ring is 1. The third kappa shape index (κ3) is 6.45. The molecule has 1 aliphatic carbocycles. The van der Waals surface area contributed by atoms with E-state index in [0.29, 0.717) is 25.1 Å². The summed E-state index contributed by atoms with van der Waals surface area (Å²) in [6, 6.07) is 18.8. The summed E-state index contributed by atoms with van der Waals surface area (Å²) in [6.45, 7) is 5.83. The molecule has 4 N–H and O–H groups in total. The fourth-order valence-corrected chi connectivity index (χ4v) is 6.21. The Morgan fingerprint density at radius 3 is 2.50 bits per heavy atom. The molecule has 5 rings (SSSR count). The molecule has 1 saturated carbocycles. The summed E-state index contributed by atoms with van der Waals surface area (Å²) < 4.78 is 5.14. The largest absolute Gasteiger partial charge is 0.399 e. The van der Waals surface area contributed by atoms with Gasteiger partial charge in [-0.3, -0.25) is 4.79 Å². The number of benzene rings is 2. The maximum atomic E-state index is 13.3. The minimum absolute atomic E-state index is 0.0240. The number of ether oxygens (including phenoxy) is 1. The van der Waals surface area contributed by atoms with Crippen LogP contribution < -0.4 is 21.3 Å². The minimum Gasteiger partial charge on any atom is -0.399 e. The predicted octanol–water partition coefficient (Wildman–Crippen LogP) is 4.79. The number of aryl methyl sites for hydroxylation is 1. The van der Waals surface area contributed by atoms with Gasteiger partial charge in [-0.2, -0.15) is 0 Å². The average molecular weight is 543 g/mol. The molecule has 4 atom stereocenters. The first-order chi connectivity index (χ1) is 19.4. The molecule has 1 aliphatic heterocycles. The summed E-state index contributed by atoms with van der Waals surface area (Å²) in [5.74, 6) is 2.19. The highest BCUT2D eigenvalue weighted by atomic mass is 16.5. The topological polar surface area (TPSA) is 105 Å². The van der Waals surface area contributed by atoms with E-state index in [2.05, 4.69) is 52.8 Å². The molecule has 2 aliphatic rings. The van der Waals surface area contributed by atoms with Gasteiger partial charge in [0.05, 0.1) is 12.3 Å². The molecule has 1 saturated heterocycles. The molecule has 212 valence electrons. The van der Waals surface area contributed by atoms with Gasteiger partial charge in [-0.05, 0) is 67.9 Å². The molecule has 2 fully saturated rings. The highest BCUT2D eigenvalue weighted by Gasteiger charge is 2.45. The Bertz CT molecular complexity index is 1280. The number of anilines is 2. The van der Waals surface area contributed by atoms with E-state index in [1.165, 1.54) is 30.4 Å². The van der Waals surface area contributed by atoms with E-state index >= 15 is 0 Å². The van der Waals surface area contributed by atoms with Crippen molar-refractivity contribution in [2.24, 2.45) is 5.92 Å². The van der Waals surface area contributed by atoms with Gasteiger partial charge in [0, 0.05) is 44.0 Å². The molecule has 8 heteroatoms. The standard InChI is InChI=1S/C32H42N6O2/c1-21(35-20-23-8-10-24(11-9-23)25-12-14-27(33)15-13-25)28-19-31(37-22(2)36-28)38-29-7-5-4-6-26(29)18-30(38)32(39)34-16-17-40-3/h8-15,19,21,26,29-30,35H,4-7,16-18,20,33H2,1-3H3,(H,34,39)/t21?,26-,29-,30-/m0/s1. The summed E-state index contributed by atoms with van der Waals surface area (Å²) in [5, 5.41) is 6.71. The van der Waals surface area contributed by atoms with Crippen LogP contribution in [0.2, 0.25) is 0 Å². The van der Waals surface area contributed by atoms with Crippen LogP contribution in [0.4, 0.5) is 11.5 Å². The normalized spacial score (nSPS) is 21.2. The lowest BCUT2D eigenvalue weighted by Gasteiger charge is -2.35. The van der Waals surface area contributed by atoms with Gasteiger partial charge in [-0.1, -0.05) is 49.2 Å². The van der Waals surface area contributed by atoms with Gasteiger partial charge in [-0.15, -0.1) is 0 Å². The SMILES string of the molecule is COCCNC(=O)[C@@H]1C[C@@H]2CCCC[C@@H]2N1c1cc(C(C)NCc2ccc(-c3ccc(N)cc3)cc2)nc(C)n1. The lowest BCUT2D eigenvalue weighted by atomic mass is 9.84. The molecule has 0 bridgehead atoms. The first kappa shape index (κ1) is 28.1. The third-order valence-corrected chi connectivity index (χ3v) is 8.36. The summed E-state index contributed by atoms with van der Waals surface area (Å²) in [7, 11) is 1.65. The monoisotopic (exact) mass is 542 g/mol. The molecule has 40 heavy (non-hydrogen) atoms. The van der Waals surface area contributed by atoms with Crippen LogP contribution in [0.3, 0.4) is 0 Å². The smallest absolute Gasteiger partial charge is 0.242 e. The van der Waals surface area contributed by atoms with Crippen molar-refractivity contribution >= 4 is 17.4 Å². The van der Waals surface area contributed by atoms with Crippen molar-refractivity contribution in [3.63, 3.8) is 0 Å². The zero-order chi connectivity index (χ0) is 28.1. The highest BCUT2D eigenvalue weighted by Crippen LogP contribution is 2.42. The van der Waals surface area contributed by atoms with E-state index in [1.807, 2.05) is 31.2 Å². The lowest BCUT2D eigenvalue weighted by Crippen LogP contribution is -2.48. The van der Waals surface area contributed by atoms with Crippen molar-refractivity contribution in [3.8, 4) is 11.1 Å². The lowest BCUT2D eigenvalue weighted by molar-refractivity contribution is -0.122. The molecule has 1 unspecified atom stereocenters. The molecule has 2 heterocycles. The van der Waals surface area contributed by atoms with Gasteiger partial charge >= 0.3 is 0 Å². The second kappa shape index (κ2) is 12.8. The van der Waals surface area contributed by atoms with Crippen molar-refractivity contribution in [3.05, 3.63) is 71.7 Å². The van der Waals surface area contributed by atoms with Crippen LogP contribution in [0.1, 0.15) is 62.2 Å². The van der Waals surface area contributed by atoms with Crippen molar-refractivity contribution < 1.29 is 9.53 Å². The first-order valence-corrected chi connectivity index (χ1v) is 14.5. The number of nitrogens with one attached hydrogen (secondary N) is 2. The molecule has 0 radical (unpaired) electrons. The number of carbonyl (C=O) groups excluding carboxylic acids is 1. The molecule has 1 amide bonds. The summed E-state index contributed by atoms with van der Waals surface area (Å²) in [6.07, 6.45) is 5.59. The number of hydrogen-bond acceptors (Lipinski definition) is 7. The molecule has 2 aromatic carbocycles. The molecule has 8 nitrogen and oxygen atoms in total. The molecule has 0 spiro atoms. The van der Waals surface area contributed by atoms with Crippen molar-refractivity contribution in [2.45, 2.75) is 70.6 Å². The number of aromatic nitrogens is 2. The zero-order valence-corrected chi connectivity index (χ0v) is 23.9. The Morgan fingerprint density at radius 2 is 1.77 bits per heavy atom. The van der Waals surface area contributed by atoms with Crippen LogP contribution in [0.25, 0.3) is 11.1 Å². The van der Waals surface area contributed by atoms with E-state index in [4.69, 9.17) is 20.4 Å². The van der Waals surface area contributed by atoms with E-state index in [1.54, 1.807) is 7.11 Å². The second-order valence-electron chi connectivity index (χ2n) is 11.2. The molecule has 3 aromatic rings. The maximum absolute atomic E-state index is 13.3. The quantitative estimate of drug-likeness (QED) is 0.250. The molecular weight excluding hydrogens is 500 g/mol. The van der Waals surface area contributed by atoms with Gasteiger partial charge in [0.2, 0.25) is 5.91 Å². The highest BCUT2D eigenvalue weighted by molar-refractivity contribution is 5.86.